The normalized spacial score (nSPS) is 16.7. The number of hydrogen-bond donors (Lipinski definition) is 1. The molecule has 2 aromatic heterocycles. The van der Waals surface area contributed by atoms with Crippen LogP contribution in [0.4, 0.5) is 18.0 Å². The van der Waals surface area contributed by atoms with Crippen LogP contribution in [0.3, 0.4) is 0 Å². The molecule has 0 radical (unpaired) electrons. The zero-order valence-electron chi connectivity index (χ0n) is 23.6. The van der Waals surface area contributed by atoms with Gasteiger partial charge in [-0.3, -0.25) is 4.79 Å². The van der Waals surface area contributed by atoms with Gasteiger partial charge in [0.15, 0.2) is 17.4 Å². The molecule has 0 aliphatic carbocycles. The van der Waals surface area contributed by atoms with Gasteiger partial charge in [-0.1, -0.05) is 0 Å². The minimum absolute atomic E-state index is 0.0751. The minimum atomic E-state index is -0.736. The predicted molar refractivity (Wildman–Crippen MR) is 147 cm³/mol. The van der Waals surface area contributed by atoms with Crippen molar-refractivity contribution in [3.05, 3.63) is 70.4 Å². The predicted octanol–water partition coefficient (Wildman–Crippen LogP) is 3.21. The molecule has 4 heterocycles. The number of benzene rings is 1. The maximum absolute atomic E-state index is 14.7. The molecule has 1 aromatic carbocycles. The lowest BCUT2D eigenvalue weighted by atomic mass is 10.0. The molecule has 5 rings (SSSR count). The second-order valence-electron chi connectivity index (χ2n) is 10.5. The van der Waals surface area contributed by atoms with Gasteiger partial charge < -0.3 is 19.9 Å². The first-order valence-electron chi connectivity index (χ1n) is 13.4. The Bertz CT molecular complexity index is 1520. The number of nitrogens with one attached hydrogen (secondary N) is 1. The summed E-state index contributed by atoms with van der Waals surface area (Å²) in [5, 5.41) is 12.6. The van der Waals surface area contributed by atoms with Gasteiger partial charge in [0.05, 0.1) is 42.3 Å². The summed E-state index contributed by atoms with van der Waals surface area (Å²) in [5.41, 5.74) is 1.76. The van der Waals surface area contributed by atoms with E-state index >= 15 is 0 Å². The third-order valence-corrected chi connectivity index (χ3v) is 7.09. The molecular formula is C28H31F3N8O3. The first kappa shape index (κ1) is 29.0. The Morgan fingerprint density at radius 3 is 2.50 bits per heavy atom. The molecule has 222 valence electrons. The van der Waals surface area contributed by atoms with Crippen LogP contribution in [0, 0.1) is 31.3 Å². The lowest BCUT2D eigenvalue weighted by Crippen LogP contribution is -2.58. The monoisotopic (exact) mass is 584 g/mol. The number of likely N-dealkylation sites (N-methyl/N-ethyl adjacent to an activating group) is 1. The molecular weight excluding hydrogens is 553 g/mol. The third kappa shape index (κ3) is 5.93. The van der Waals surface area contributed by atoms with Crippen LogP contribution in [0.15, 0.2) is 35.6 Å². The summed E-state index contributed by atoms with van der Waals surface area (Å²) >= 11 is 0. The molecule has 11 nitrogen and oxygen atoms in total. The van der Waals surface area contributed by atoms with E-state index in [1.54, 1.807) is 13.8 Å². The smallest absolute Gasteiger partial charge is 0.341 e. The number of carbonyl (C=O) groups excluding carboxylic acids is 2. The van der Waals surface area contributed by atoms with Crippen LogP contribution >= 0.6 is 0 Å². The Balaban J connectivity index is 1.23. The van der Waals surface area contributed by atoms with Gasteiger partial charge in [0.1, 0.15) is 17.7 Å². The number of halogens is 3. The average molecular weight is 585 g/mol. The molecule has 2 aliphatic heterocycles. The number of pyridine rings is 1. The molecule has 1 N–H and O–H groups in total. The number of nitrogens with zero attached hydrogens (tertiary/aromatic N) is 7. The van der Waals surface area contributed by atoms with Crippen molar-refractivity contribution in [2.75, 3.05) is 40.3 Å². The molecule has 3 aromatic rings. The topological polar surface area (TPSA) is 108 Å². The summed E-state index contributed by atoms with van der Waals surface area (Å²) in [5.74, 6) is -2.23. The van der Waals surface area contributed by atoms with Gasteiger partial charge in [-0.25, -0.2) is 32.6 Å². The van der Waals surface area contributed by atoms with Crippen LogP contribution in [0.1, 0.15) is 39.8 Å². The fourth-order valence-electron chi connectivity index (χ4n) is 4.93. The lowest BCUT2D eigenvalue weighted by Gasteiger charge is -2.41. The first-order chi connectivity index (χ1) is 20.0. The van der Waals surface area contributed by atoms with Gasteiger partial charge in [-0.05, 0) is 45.6 Å². The Kier molecular flexibility index (Phi) is 8.16. The van der Waals surface area contributed by atoms with Crippen LogP contribution in [0.2, 0.25) is 0 Å². The SMILES string of the molecule is Cc1nn(-c2cc(OC3CN(C(=O)N4N=CC[C@H]4c4cc(F)cc(F)c4)C3)c(F)cn2)c(C)c1C(=O)NCCN(C)C. The van der Waals surface area contributed by atoms with Crippen LogP contribution < -0.4 is 10.1 Å². The molecule has 42 heavy (non-hydrogen) atoms. The van der Waals surface area contributed by atoms with Gasteiger partial charge in [0.25, 0.3) is 5.91 Å². The fraction of sp³-hybridized carbons (Fsp3) is 0.393. The Morgan fingerprint density at radius 1 is 1.10 bits per heavy atom. The molecule has 3 amide bonds. The van der Waals surface area contributed by atoms with Crippen molar-refractivity contribution in [2.24, 2.45) is 5.10 Å². The number of hydrogen-bond acceptors (Lipinski definition) is 7. The zero-order chi connectivity index (χ0) is 30.1. The standard InChI is InChI=1S/C28H31F3N8O3/c1-16-26(27(40)32-7-8-36(3)4)17(2)38(35-16)25-12-24(22(31)13-33-25)42-21-14-37(15-21)28(41)39-23(5-6-34-39)18-9-19(29)11-20(30)10-18/h6,9-13,21,23H,5,7-8,14-15H2,1-4H3,(H,32,40)/t23-/m0/s1. The van der Waals surface area contributed by atoms with Gasteiger partial charge in [-0.2, -0.15) is 10.2 Å². The molecule has 1 fully saturated rings. The number of rotatable bonds is 8. The maximum atomic E-state index is 14.7. The Labute approximate surface area is 240 Å². The number of carbonyl (C=O) groups is 2. The molecule has 1 atom stereocenters. The number of amides is 3. The first-order valence-corrected chi connectivity index (χ1v) is 13.4. The molecule has 2 aliphatic rings. The Morgan fingerprint density at radius 2 is 1.81 bits per heavy atom. The Hall–Kier alpha value is -4.46. The average Bonchev–Trinajstić information content (AvgIpc) is 3.50. The second-order valence-corrected chi connectivity index (χ2v) is 10.5. The van der Waals surface area contributed by atoms with E-state index in [1.807, 2.05) is 19.0 Å². The fourth-order valence-corrected chi connectivity index (χ4v) is 4.93. The number of urea groups is 1. The van der Waals surface area contributed by atoms with Gasteiger partial charge in [0.2, 0.25) is 0 Å². The highest BCUT2D eigenvalue weighted by atomic mass is 19.1. The van der Waals surface area contributed by atoms with E-state index in [1.165, 1.54) is 39.0 Å². The van der Waals surface area contributed by atoms with E-state index in [4.69, 9.17) is 4.74 Å². The van der Waals surface area contributed by atoms with E-state index in [0.29, 0.717) is 42.0 Å². The zero-order valence-corrected chi connectivity index (χ0v) is 23.6. The van der Waals surface area contributed by atoms with E-state index in [9.17, 15) is 22.8 Å². The summed E-state index contributed by atoms with van der Waals surface area (Å²) in [6, 6.07) is 3.43. The van der Waals surface area contributed by atoms with Crippen molar-refractivity contribution in [3.63, 3.8) is 0 Å². The molecule has 14 heteroatoms. The summed E-state index contributed by atoms with van der Waals surface area (Å²) in [4.78, 5) is 33.4. The minimum Gasteiger partial charge on any atom is -0.483 e. The molecule has 0 spiro atoms. The number of hydrazone groups is 1. The molecule has 0 saturated carbocycles. The molecule has 1 saturated heterocycles. The number of likely N-dealkylation sites (tertiary alicyclic amines) is 1. The molecule has 0 bridgehead atoms. The third-order valence-electron chi connectivity index (χ3n) is 7.09. The van der Waals surface area contributed by atoms with Crippen molar-refractivity contribution in [1.29, 1.82) is 0 Å². The number of aryl methyl sites for hydroxylation is 1. The van der Waals surface area contributed by atoms with E-state index in [2.05, 4.69) is 20.5 Å². The summed E-state index contributed by atoms with van der Waals surface area (Å²) in [7, 11) is 3.82. The highest BCUT2D eigenvalue weighted by Gasteiger charge is 2.39. The summed E-state index contributed by atoms with van der Waals surface area (Å²) in [6.45, 7) is 4.91. The second kappa shape index (κ2) is 11.8. The van der Waals surface area contributed by atoms with Crippen molar-refractivity contribution in [2.45, 2.75) is 32.4 Å². The van der Waals surface area contributed by atoms with E-state index in [0.717, 1.165) is 12.3 Å². The van der Waals surface area contributed by atoms with Crippen molar-refractivity contribution in [3.8, 4) is 11.6 Å². The van der Waals surface area contributed by atoms with Crippen LogP contribution in [-0.2, 0) is 0 Å². The van der Waals surface area contributed by atoms with Gasteiger partial charge >= 0.3 is 6.03 Å². The lowest BCUT2D eigenvalue weighted by molar-refractivity contribution is 0.0256. The highest BCUT2D eigenvalue weighted by Crippen LogP contribution is 2.32. The summed E-state index contributed by atoms with van der Waals surface area (Å²) < 4.78 is 49.5. The van der Waals surface area contributed by atoms with Crippen molar-refractivity contribution in [1.82, 2.24) is 34.9 Å². The van der Waals surface area contributed by atoms with Gasteiger partial charge in [0, 0.05) is 37.9 Å². The number of aromatic nitrogens is 3. The van der Waals surface area contributed by atoms with Crippen LogP contribution in [0.5, 0.6) is 5.75 Å². The maximum Gasteiger partial charge on any atom is 0.341 e. The van der Waals surface area contributed by atoms with Crippen LogP contribution in [0.25, 0.3) is 5.82 Å². The van der Waals surface area contributed by atoms with E-state index < -0.39 is 35.6 Å². The largest absolute Gasteiger partial charge is 0.483 e. The van der Waals surface area contributed by atoms with Gasteiger partial charge in [-0.15, -0.1) is 0 Å². The van der Waals surface area contributed by atoms with Crippen molar-refractivity contribution >= 4 is 18.2 Å². The van der Waals surface area contributed by atoms with Crippen molar-refractivity contribution < 1.29 is 27.5 Å². The van der Waals surface area contributed by atoms with Crippen LogP contribution in [-0.4, -0.2) is 94.1 Å². The van der Waals surface area contributed by atoms with E-state index in [-0.39, 0.29) is 30.6 Å². The molecule has 0 unspecified atom stereocenters. The number of ether oxygens (including phenoxy) is 1. The quantitative estimate of drug-likeness (QED) is 0.436. The summed E-state index contributed by atoms with van der Waals surface area (Å²) in [6.07, 6.45) is 2.35. The highest BCUT2D eigenvalue weighted by molar-refractivity contribution is 5.96.